The second-order valence-corrected chi connectivity index (χ2v) is 5.97. The van der Waals surface area contributed by atoms with Crippen molar-refractivity contribution in [2.24, 2.45) is 0 Å². The van der Waals surface area contributed by atoms with Gasteiger partial charge in [-0.15, -0.1) is 16.4 Å². The maximum Gasteiger partial charge on any atom is 0.266 e. The zero-order chi connectivity index (χ0) is 14.7. The van der Waals surface area contributed by atoms with E-state index < -0.39 is 0 Å². The van der Waals surface area contributed by atoms with Crippen LogP contribution >= 0.6 is 11.3 Å². The summed E-state index contributed by atoms with van der Waals surface area (Å²) in [6, 6.07) is 1.97. The monoisotopic (exact) mass is 307 g/mol. The highest BCUT2D eigenvalue weighted by Crippen LogP contribution is 2.27. The molecule has 1 fully saturated rings. The number of tetrazole rings is 1. The van der Waals surface area contributed by atoms with Crippen molar-refractivity contribution in [3.63, 3.8) is 0 Å². The van der Waals surface area contributed by atoms with Crippen LogP contribution in [0.1, 0.15) is 35.4 Å². The Hall–Kier alpha value is -1.80. The highest BCUT2D eigenvalue weighted by atomic mass is 32.1. The van der Waals surface area contributed by atoms with E-state index in [4.69, 9.17) is 0 Å². The fourth-order valence-electron chi connectivity index (χ4n) is 2.76. The van der Waals surface area contributed by atoms with Gasteiger partial charge in [0.15, 0.2) is 0 Å². The predicted molar refractivity (Wildman–Crippen MR) is 77.4 cm³/mol. The number of nitrogens with zero attached hydrogens (tertiary/aromatic N) is 5. The molecule has 1 aliphatic heterocycles. The minimum Gasteiger partial charge on any atom is -0.396 e. The van der Waals surface area contributed by atoms with Crippen LogP contribution in [0.2, 0.25) is 0 Å². The smallest absolute Gasteiger partial charge is 0.266 e. The summed E-state index contributed by atoms with van der Waals surface area (Å²) >= 11 is 1.40. The first-order valence-electron chi connectivity index (χ1n) is 7.04. The van der Waals surface area contributed by atoms with Crippen LogP contribution in [0.15, 0.2) is 17.8 Å². The lowest BCUT2D eigenvalue weighted by Gasteiger charge is -2.35. The molecule has 1 N–H and O–H groups in total. The van der Waals surface area contributed by atoms with Crippen molar-refractivity contribution in [2.75, 3.05) is 13.2 Å². The summed E-state index contributed by atoms with van der Waals surface area (Å²) in [5, 5.41) is 22.1. The van der Waals surface area contributed by atoms with Crippen LogP contribution in [-0.4, -0.2) is 55.3 Å². The number of aliphatic hydroxyl groups is 1. The highest BCUT2D eigenvalue weighted by molar-refractivity contribution is 7.12. The molecule has 2 aromatic heterocycles. The quantitative estimate of drug-likeness (QED) is 0.914. The predicted octanol–water partition coefficient (Wildman–Crippen LogP) is 1.10. The van der Waals surface area contributed by atoms with Crippen molar-refractivity contribution in [3.8, 4) is 5.69 Å². The fourth-order valence-corrected chi connectivity index (χ4v) is 3.60. The first kappa shape index (κ1) is 14.2. The number of hydrogen-bond acceptors (Lipinski definition) is 6. The van der Waals surface area contributed by atoms with Crippen molar-refractivity contribution < 1.29 is 9.90 Å². The summed E-state index contributed by atoms with van der Waals surface area (Å²) in [6.07, 6.45) is 5.20. The maximum atomic E-state index is 12.8. The lowest BCUT2D eigenvalue weighted by Crippen LogP contribution is -2.44. The molecule has 0 aliphatic carbocycles. The average Bonchev–Trinajstić information content (AvgIpc) is 3.18. The molecule has 0 bridgehead atoms. The molecule has 3 heterocycles. The van der Waals surface area contributed by atoms with Crippen molar-refractivity contribution in [1.29, 1.82) is 0 Å². The number of aliphatic hydroxyl groups excluding tert-OH is 1. The third-order valence-electron chi connectivity index (χ3n) is 3.78. The third-order valence-corrected chi connectivity index (χ3v) is 4.68. The molecule has 0 saturated carbocycles. The van der Waals surface area contributed by atoms with Crippen molar-refractivity contribution in [3.05, 3.63) is 22.7 Å². The Morgan fingerprint density at radius 3 is 3.14 bits per heavy atom. The van der Waals surface area contributed by atoms with Crippen LogP contribution in [-0.2, 0) is 0 Å². The number of likely N-dealkylation sites (tertiary alicyclic amines) is 1. The van der Waals surface area contributed by atoms with Crippen molar-refractivity contribution in [1.82, 2.24) is 25.1 Å². The summed E-state index contributed by atoms with van der Waals surface area (Å²) in [5.74, 6) is 0.00801. The second-order valence-electron chi connectivity index (χ2n) is 5.05. The Bertz CT molecular complexity index is 595. The molecular formula is C13H17N5O2S. The molecule has 1 amide bonds. The molecule has 2 aromatic rings. The standard InChI is InChI=1S/C13H17N5O2S/c19-7-4-10-3-1-2-6-17(10)13(20)12-11(5-8-21-12)18-9-14-15-16-18/h5,8-10,19H,1-4,6-7H2. The van der Waals surface area contributed by atoms with Gasteiger partial charge in [0.05, 0.1) is 5.69 Å². The van der Waals surface area contributed by atoms with E-state index in [-0.39, 0.29) is 18.6 Å². The van der Waals surface area contributed by atoms with Gasteiger partial charge in [-0.2, -0.15) is 4.68 Å². The molecule has 0 aromatic carbocycles. The molecule has 0 spiro atoms. The van der Waals surface area contributed by atoms with Crippen LogP contribution in [0.4, 0.5) is 0 Å². The maximum absolute atomic E-state index is 12.8. The topological polar surface area (TPSA) is 84.1 Å². The molecule has 1 saturated heterocycles. The molecule has 8 heteroatoms. The first-order chi connectivity index (χ1) is 10.3. The Balaban J connectivity index is 1.86. The van der Waals surface area contributed by atoms with E-state index in [1.165, 1.54) is 22.3 Å². The van der Waals surface area contributed by atoms with Crippen LogP contribution in [0.3, 0.4) is 0 Å². The van der Waals surface area contributed by atoms with E-state index in [1.807, 2.05) is 16.3 Å². The van der Waals surface area contributed by atoms with E-state index in [0.29, 0.717) is 17.0 Å². The third kappa shape index (κ3) is 2.81. The molecule has 21 heavy (non-hydrogen) atoms. The van der Waals surface area contributed by atoms with Gasteiger partial charge in [-0.05, 0) is 47.6 Å². The summed E-state index contributed by atoms with van der Waals surface area (Å²) in [7, 11) is 0. The van der Waals surface area contributed by atoms with Crippen molar-refractivity contribution >= 4 is 17.2 Å². The van der Waals surface area contributed by atoms with Crippen LogP contribution < -0.4 is 0 Å². The van der Waals surface area contributed by atoms with Gasteiger partial charge in [0.1, 0.15) is 11.2 Å². The lowest BCUT2D eigenvalue weighted by atomic mass is 9.99. The van der Waals surface area contributed by atoms with Gasteiger partial charge in [0.25, 0.3) is 5.91 Å². The second kappa shape index (κ2) is 6.31. The molecule has 1 unspecified atom stereocenters. The Morgan fingerprint density at radius 1 is 1.48 bits per heavy atom. The fraction of sp³-hybridized carbons (Fsp3) is 0.538. The largest absolute Gasteiger partial charge is 0.396 e. The number of aromatic nitrogens is 4. The van der Waals surface area contributed by atoms with Gasteiger partial charge in [-0.3, -0.25) is 4.79 Å². The highest BCUT2D eigenvalue weighted by Gasteiger charge is 2.29. The Morgan fingerprint density at radius 2 is 2.38 bits per heavy atom. The number of thiophene rings is 1. The molecular weight excluding hydrogens is 290 g/mol. The first-order valence-corrected chi connectivity index (χ1v) is 7.92. The van der Waals surface area contributed by atoms with Gasteiger partial charge in [0, 0.05) is 19.2 Å². The van der Waals surface area contributed by atoms with Crippen LogP contribution in [0.5, 0.6) is 0 Å². The number of carbonyl (C=O) groups is 1. The van der Waals surface area contributed by atoms with E-state index in [0.717, 1.165) is 25.8 Å². The SMILES string of the molecule is O=C(c1sccc1-n1cnnn1)N1CCCCC1CCO. The molecule has 7 nitrogen and oxygen atoms in total. The number of piperidine rings is 1. The summed E-state index contributed by atoms with van der Waals surface area (Å²) < 4.78 is 1.51. The summed E-state index contributed by atoms with van der Waals surface area (Å²) in [4.78, 5) is 15.4. The van der Waals surface area contributed by atoms with E-state index in [1.54, 1.807) is 0 Å². The molecule has 1 atom stereocenters. The molecule has 112 valence electrons. The minimum absolute atomic E-state index is 0.00801. The lowest BCUT2D eigenvalue weighted by molar-refractivity contribution is 0.0579. The number of rotatable bonds is 4. The number of carbonyl (C=O) groups excluding carboxylic acids is 1. The zero-order valence-electron chi connectivity index (χ0n) is 11.6. The Labute approximate surface area is 126 Å². The van der Waals surface area contributed by atoms with Gasteiger partial charge >= 0.3 is 0 Å². The number of hydrogen-bond donors (Lipinski definition) is 1. The summed E-state index contributed by atoms with van der Waals surface area (Å²) in [6.45, 7) is 0.856. The summed E-state index contributed by atoms with van der Waals surface area (Å²) in [5.41, 5.74) is 0.711. The molecule has 0 radical (unpaired) electrons. The van der Waals surface area contributed by atoms with Crippen molar-refractivity contribution in [2.45, 2.75) is 31.7 Å². The van der Waals surface area contributed by atoms with Gasteiger partial charge < -0.3 is 10.0 Å². The van der Waals surface area contributed by atoms with Crippen LogP contribution in [0.25, 0.3) is 5.69 Å². The number of amides is 1. The normalized spacial score (nSPS) is 18.9. The average molecular weight is 307 g/mol. The molecule has 1 aliphatic rings. The molecule has 3 rings (SSSR count). The van der Waals surface area contributed by atoms with Gasteiger partial charge in [-0.1, -0.05) is 0 Å². The zero-order valence-corrected chi connectivity index (χ0v) is 12.4. The van der Waals surface area contributed by atoms with Gasteiger partial charge in [0.2, 0.25) is 0 Å². The van der Waals surface area contributed by atoms with E-state index in [9.17, 15) is 9.90 Å². The van der Waals surface area contributed by atoms with E-state index in [2.05, 4.69) is 15.5 Å². The van der Waals surface area contributed by atoms with Crippen LogP contribution in [0, 0.1) is 0 Å². The van der Waals surface area contributed by atoms with E-state index >= 15 is 0 Å². The minimum atomic E-state index is 0.00801. The van der Waals surface area contributed by atoms with Gasteiger partial charge in [-0.25, -0.2) is 0 Å². The Kier molecular flexibility index (Phi) is 4.26.